The molecule has 1 amide bonds. The third kappa shape index (κ3) is 5.08. The molecule has 0 bridgehead atoms. The number of hydrogen-bond donors (Lipinski definition) is 1. The number of carbonyl (C=O) groups is 1. The van der Waals surface area contributed by atoms with Crippen molar-refractivity contribution in [3.63, 3.8) is 0 Å². The van der Waals surface area contributed by atoms with E-state index in [0.717, 1.165) is 39.0 Å². The third-order valence-electron chi connectivity index (χ3n) is 4.91. The van der Waals surface area contributed by atoms with Crippen LogP contribution in [0.15, 0.2) is 0 Å². The molecule has 1 unspecified atom stereocenters. The maximum Gasteiger partial charge on any atom is 0.222 e. The lowest BCUT2D eigenvalue weighted by molar-refractivity contribution is -0.133. The second kappa shape index (κ2) is 8.66. The van der Waals surface area contributed by atoms with Gasteiger partial charge in [-0.2, -0.15) is 0 Å². The van der Waals surface area contributed by atoms with E-state index >= 15 is 0 Å². The SMILES string of the molecule is CCCN(CC1CCCNC1)C(=O)CC1CCCCC1. The van der Waals surface area contributed by atoms with Crippen LogP contribution in [0.5, 0.6) is 0 Å². The van der Waals surface area contributed by atoms with Crippen molar-refractivity contribution in [2.45, 2.75) is 64.7 Å². The molecule has 2 aliphatic rings. The van der Waals surface area contributed by atoms with Crippen molar-refractivity contribution in [2.75, 3.05) is 26.2 Å². The summed E-state index contributed by atoms with van der Waals surface area (Å²) >= 11 is 0. The molecule has 3 heteroatoms. The molecule has 1 saturated heterocycles. The minimum Gasteiger partial charge on any atom is -0.342 e. The smallest absolute Gasteiger partial charge is 0.222 e. The molecule has 1 heterocycles. The molecule has 116 valence electrons. The van der Waals surface area contributed by atoms with E-state index in [-0.39, 0.29) is 0 Å². The van der Waals surface area contributed by atoms with Crippen LogP contribution in [-0.4, -0.2) is 37.0 Å². The van der Waals surface area contributed by atoms with Gasteiger partial charge in [-0.25, -0.2) is 0 Å². The molecule has 0 spiro atoms. The molecule has 1 saturated carbocycles. The van der Waals surface area contributed by atoms with Crippen molar-refractivity contribution in [3.8, 4) is 0 Å². The highest BCUT2D eigenvalue weighted by Crippen LogP contribution is 2.27. The summed E-state index contributed by atoms with van der Waals surface area (Å²) in [5, 5.41) is 3.46. The van der Waals surface area contributed by atoms with Gasteiger partial charge in [0.25, 0.3) is 0 Å². The zero-order valence-electron chi connectivity index (χ0n) is 13.2. The Labute approximate surface area is 124 Å². The van der Waals surface area contributed by atoms with Gasteiger partial charge in [0.2, 0.25) is 5.91 Å². The molecule has 1 atom stereocenters. The first-order valence-electron chi connectivity index (χ1n) is 8.78. The maximum absolute atomic E-state index is 12.6. The molecule has 2 rings (SSSR count). The third-order valence-corrected chi connectivity index (χ3v) is 4.91. The van der Waals surface area contributed by atoms with Gasteiger partial charge in [-0.05, 0) is 57.0 Å². The predicted octanol–water partition coefficient (Wildman–Crippen LogP) is 3.20. The van der Waals surface area contributed by atoms with Crippen molar-refractivity contribution >= 4 is 5.91 Å². The Morgan fingerprint density at radius 2 is 1.85 bits per heavy atom. The second-order valence-electron chi connectivity index (χ2n) is 6.76. The largest absolute Gasteiger partial charge is 0.342 e. The Bertz CT molecular complexity index is 281. The van der Waals surface area contributed by atoms with Crippen LogP contribution in [0.2, 0.25) is 0 Å². The monoisotopic (exact) mass is 280 g/mol. The highest BCUT2D eigenvalue weighted by atomic mass is 16.2. The van der Waals surface area contributed by atoms with Crippen LogP contribution in [0.25, 0.3) is 0 Å². The molecule has 0 aromatic heterocycles. The number of rotatable bonds is 6. The Morgan fingerprint density at radius 1 is 1.10 bits per heavy atom. The van der Waals surface area contributed by atoms with Crippen LogP contribution in [0.3, 0.4) is 0 Å². The van der Waals surface area contributed by atoms with Gasteiger partial charge in [-0.1, -0.05) is 26.2 Å². The number of hydrogen-bond acceptors (Lipinski definition) is 2. The maximum atomic E-state index is 12.6. The van der Waals surface area contributed by atoms with E-state index in [0.29, 0.717) is 17.7 Å². The fraction of sp³-hybridized carbons (Fsp3) is 0.941. The van der Waals surface area contributed by atoms with Crippen LogP contribution in [0.1, 0.15) is 64.7 Å². The predicted molar refractivity (Wildman–Crippen MR) is 83.7 cm³/mol. The van der Waals surface area contributed by atoms with E-state index in [1.807, 2.05) is 0 Å². The average molecular weight is 280 g/mol. The summed E-state index contributed by atoms with van der Waals surface area (Å²) in [7, 11) is 0. The van der Waals surface area contributed by atoms with Crippen molar-refractivity contribution in [1.29, 1.82) is 0 Å². The second-order valence-corrected chi connectivity index (χ2v) is 6.76. The molecule has 1 aliphatic heterocycles. The Hall–Kier alpha value is -0.570. The number of piperidine rings is 1. The zero-order valence-corrected chi connectivity index (χ0v) is 13.2. The minimum absolute atomic E-state index is 0.421. The van der Waals surface area contributed by atoms with E-state index in [2.05, 4.69) is 17.1 Å². The summed E-state index contributed by atoms with van der Waals surface area (Å²) in [6.07, 6.45) is 11.0. The van der Waals surface area contributed by atoms with Gasteiger partial charge < -0.3 is 10.2 Å². The van der Waals surface area contributed by atoms with Crippen LogP contribution >= 0.6 is 0 Å². The van der Waals surface area contributed by atoms with Crippen molar-refractivity contribution in [1.82, 2.24) is 10.2 Å². The number of carbonyl (C=O) groups excluding carboxylic acids is 1. The number of amides is 1. The van der Waals surface area contributed by atoms with Gasteiger partial charge in [-0.15, -0.1) is 0 Å². The molecular formula is C17H32N2O. The Balaban J connectivity index is 1.80. The number of nitrogens with one attached hydrogen (secondary N) is 1. The van der Waals surface area contributed by atoms with Crippen LogP contribution < -0.4 is 5.32 Å². The van der Waals surface area contributed by atoms with E-state index in [1.165, 1.54) is 44.9 Å². The summed E-state index contributed by atoms with van der Waals surface area (Å²) in [5.41, 5.74) is 0. The van der Waals surface area contributed by atoms with Crippen LogP contribution in [0, 0.1) is 11.8 Å². The lowest BCUT2D eigenvalue weighted by Gasteiger charge is -2.31. The molecule has 2 fully saturated rings. The lowest BCUT2D eigenvalue weighted by atomic mass is 9.86. The van der Waals surface area contributed by atoms with Gasteiger partial charge >= 0.3 is 0 Å². The van der Waals surface area contributed by atoms with Crippen molar-refractivity contribution < 1.29 is 4.79 Å². The normalized spacial score (nSPS) is 24.6. The fourth-order valence-corrected chi connectivity index (χ4v) is 3.75. The lowest BCUT2D eigenvalue weighted by Crippen LogP contribution is -2.42. The summed E-state index contributed by atoms with van der Waals surface area (Å²) < 4.78 is 0. The molecule has 3 nitrogen and oxygen atoms in total. The molecule has 1 aliphatic carbocycles. The molecule has 1 N–H and O–H groups in total. The van der Waals surface area contributed by atoms with Gasteiger partial charge in [0, 0.05) is 19.5 Å². The minimum atomic E-state index is 0.421. The fourth-order valence-electron chi connectivity index (χ4n) is 3.75. The highest BCUT2D eigenvalue weighted by Gasteiger charge is 2.23. The summed E-state index contributed by atoms with van der Waals surface area (Å²) in [6, 6.07) is 0. The molecule has 0 aromatic rings. The Kier molecular flexibility index (Phi) is 6.85. The molecular weight excluding hydrogens is 248 g/mol. The highest BCUT2D eigenvalue weighted by molar-refractivity contribution is 5.76. The van der Waals surface area contributed by atoms with Crippen molar-refractivity contribution in [3.05, 3.63) is 0 Å². The van der Waals surface area contributed by atoms with Gasteiger partial charge in [-0.3, -0.25) is 4.79 Å². The van der Waals surface area contributed by atoms with Crippen molar-refractivity contribution in [2.24, 2.45) is 11.8 Å². The summed E-state index contributed by atoms with van der Waals surface area (Å²) in [5.74, 6) is 1.76. The van der Waals surface area contributed by atoms with Gasteiger partial charge in [0.1, 0.15) is 0 Å². The van der Waals surface area contributed by atoms with E-state index < -0.39 is 0 Å². The standard InChI is InChI=1S/C17H32N2O/c1-2-11-19(14-16-9-6-10-18-13-16)17(20)12-15-7-4-3-5-8-15/h15-16,18H,2-14H2,1H3. The van der Waals surface area contributed by atoms with E-state index in [4.69, 9.17) is 0 Å². The number of nitrogens with zero attached hydrogens (tertiary/aromatic N) is 1. The zero-order chi connectivity index (χ0) is 14.2. The first-order chi connectivity index (χ1) is 9.79. The quantitative estimate of drug-likeness (QED) is 0.810. The Morgan fingerprint density at radius 3 is 2.50 bits per heavy atom. The molecule has 20 heavy (non-hydrogen) atoms. The molecule has 0 aromatic carbocycles. The van der Waals surface area contributed by atoms with Gasteiger partial charge in [0.15, 0.2) is 0 Å². The van der Waals surface area contributed by atoms with E-state index in [9.17, 15) is 4.79 Å². The molecule has 0 radical (unpaired) electrons. The summed E-state index contributed by atoms with van der Waals surface area (Å²) in [4.78, 5) is 14.7. The van der Waals surface area contributed by atoms with E-state index in [1.54, 1.807) is 0 Å². The van der Waals surface area contributed by atoms with Crippen LogP contribution in [-0.2, 0) is 4.79 Å². The first-order valence-corrected chi connectivity index (χ1v) is 8.78. The first kappa shape index (κ1) is 15.8. The van der Waals surface area contributed by atoms with Gasteiger partial charge in [0.05, 0.1) is 0 Å². The topological polar surface area (TPSA) is 32.3 Å². The summed E-state index contributed by atoms with van der Waals surface area (Å²) in [6.45, 7) is 6.35. The van der Waals surface area contributed by atoms with Crippen LogP contribution in [0.4, 0.5) is 0 Å². The average Bonchev–Trinajstić information content (AvgIpc) is 2.49.